The van der Waals surface area contributed by atoms with Crippen LogP contribution in [0.2, 0.25) is 0 Å². The standard InChI is InChI=1S/C16H22N2O5/c1-23-13-8-6-5-7-12(13)18-15(20)11-17-14(19)9-3-2-4-10-16(21)22/h5-8H,2-4,9-11H2,1H3,(H,17,19)(H,18,20)(H,21,22). The van der Waals surface area contributed by atoms with E-state index in [0.29, 0.717) is 30.7 Å². The van der Waals surface area contributed by atoms with E-state index < -0.39 is 5.97 Å². The lowest BCUT2D eigenvalue weighted by atomic mass is 10.1. The average molecular weight is 322 g/mol. The Morgan fingerprint density at radius 1 is 1.04 bits per heavy atom. The van der Waals surface area contributed by atoms with Crippen LogP contribution in [-0.4, -0.2) is 36.5 Å². The lowest BCUT2D eigenvalue weighted by molar-refractivity contribution is -0.137. The zero-order chi connectivity index (χ0) is 17.1. The van der Waals surface area contributed by atoms with Crippen molar-refractivity contribution in [3.05, 3.63) is 24.3 Å². The number of carbonyl (C=O) groups is 3. The highest BCUT2D eigenvalue weighted by Gasteiger charge is 2.08. The van der Waals surface area contributed by atoms with Crippen LogP contribution in [-0.2, 0) is 14.4 Å². The van der Waals surface area contributed by atoms with Crippen LogP contribution in [0.1, 0.15) is 32.1 Å². The van der Waals surface area contributed by atoms with Gasteiger partial charge < -0.3 is 20.5 Å². The summed E-state index contributed by atoms with van der Waals surface area (Å²) in [7, 11) is 1.51. The summed E-state index contributed by atoms with van der Waals surface area (Å²) in [5.74, 6) is -0.850. The summed E-state index contributed by atoms with van der Waals surface area (Å²) in [6.07, 6.45) is 2.22. The number of carboxylic acids is 1. The average Bonchev–Trinajstić information content (AvgIpc) is 2.53. The molecule has 0 spiro atoms. The molecule has 0 aliphatic rings. The van der Waals surface area contributed by atoms with Gasteiger partial charge in [-0.2, -0.15) is 0 Å². The summed E-state index contributed by atoms with van der Waals surface area (Å²) >= 11 is 0. The molecule has 0 fully saturated rings. The monoisotopic (exact) mass is 322 g/mol. The number of hydrogen-bond donors (Lipinski definition) is 3. The molecule has 23 heavy (non-hydrogen) atoms. The van der Waals surface area contributed by atoms with E-state index in [9.17, 15) is 14.4 Å². The summed E-state index contributed by atoms with van der Waals surface area (Å²) in [6, 6.07) is 7.00. The predicted octanol–water partition coefficient (Wildman–Crippen LogP) is 1.78. The number of unbranched alkanes of at least 4 members (excludes halogenated alkanes) is 2. The van der Waals surface area contributed by atoms with E-state index in [4.69, 9.17) is 9.84 Å². The third-order valence-electron chi connectivity index (χ3n) is 3.12. The third-order valence-corrected chi connectivity index (χ3v) is 3.12. The second-order valence-electron chi connectivity index (χ2n) is 4.98. The minimum Gasteiger partial charge on any atom is -0.495 e. The van der Waals surface area contributed by atoms with E-state index in [1.165, 1.54) is 7.11 Å². The van der Waals surface area contributed by atoms with Crippen LogP contribution in [0.5, 0.6) is 5.75 Å². The first kappa shape index (κ1) is 18.5. The Bertz CT molecular complexity index is 545. The maximum Gasteiger partial charge on any atom is 0.303 e. The van der Waals surface area contributed by atoms with Gasteiger partial charge in [0.05, 0.1) is 19.3 Å². The van der Waals surface area contributed by atoms with Gasteiger partial charge in [0.25, 0.3) is 0 Å². The van der Waals surface area contributed by atoms with Crippen molar-refractivity contribution >= 4 is 23.5 Å². The molecule has 0 aromatic heterocycles. The molecule has 1 aromatic rings. The van der Waals surface area contributed by atoms with E-state index in [1.807, 2.05) is 0 Å². The molecular formula is C16H22N2O5. The third kappa shape index (κ3) is 7.85. The number of rotatable bonds is 10. The zero-order valence-electron chi connectivity index (χ0n) is 13.1. The summed E-state index contributed by atoms with van der Waals surface area (Å²) in [4.78, 5) is 33.7. The van der Waals surface area contributed by atoms with Crippen LogP contribution in [0, 0.1) is 0 Å². The Morgan fingerprint density at radius 2 is 1.74 bits per heavy atom. The van der Waals surface area contributed by atoms with Gasteiger partial charge in [-0.15, -0.1) is 0 Å². The van der Waals surface area contributed by atoms with Crippen LogP contribution < -0.4 is 15.4 Å². The zero-order valence-corrected chi connectivity index (χ0v) is 13.1. The maximum atomic E-state index is 11.8. The van der Waals surface area contributed by atoms with Gasteiger partial charge in [-0.3, -0.25) is 14.4 Å². The molecule has 0 saturated heterocycles. The van der Waals surface area contributed by atoms with Crippen LogP contribution in [0.4, 0.5) is 5.69 Å². The van der Waals surface area contributed by atoms with Gasteiger partial charge in [-0.1, -0.05) is 18.6 Å². The number of aliphatic carboxylic acids is 1. The number of carbonyl (C=O) groups excluding carboxylic acids is 2. The number of methoxy groups -OCH3 is 1. The number of anilines is 1. The molecule has 7 nitrogen and oxygen atoms in total. The Labute approximate surface area is 135 Å². The quantitative estimate of drug-likeness (QED) is 0.570. The van der Waals surface area contributed by atoms with Gasteiger partial charge >= 0.3 is 5.97 Å². The Kier molecular flexibility index (Phi) is 8.20. The SMILES string of the molecule is COc1ccccc1NC(=O)CNC(=O)CCCCCC(=O)O. The normalized spacial score (nSPS) is 9.96. The van der Waals surface area contributed by atoms with Gasteiger partial charge in [-0.05, 0) is 25.0 Å². The second kappa shape index (κ2) is 10.2. The molecule has 0 atom stereocenters. The van der Waals surface area contributed by atoms with Crippen molar-refractivity contribution in [3.8, 4) is 5.75 Å². The fourth-order valence-electron chi connectivity index (χ4n) is 1.95. The van der Waals surface area contributed by atoms with E-state index in [2.05, 4.69) is 10.6 Å². The maximum absolute atomic E-state index is 11.8. The summed E-state index contributed by atoms with van der Waals surface area (Å²) in [5.41, 5.74) is 0.544. The smallest absolute Gasteiger partial charge is 0.303 e. The highest BCUT2D eigenvalue weighted by molar-refractivity contribution is 5.95. The van der Waals surface area contributed by atoms with Crippen LogP contribution in [0.15, 0.2) is 24.3 Å². The minimum absolute atomic E-state index is 0.114. The largest absolute Gasteiger partial charge is 0.495 e. The van der Waals surface area contributed by atoms with Gasteiger partial charge in [0.1, 0.15) is 5.75 Å². The van der Waals surface area contributed by atoms with Gasteiger partial charge in [-0.25, -0.2) is 0 Å². The number of benzene rings is 1. The van der Waals surface area contributed by atoms with Crippen molar-refractivity contribution in [1.29, 1.82) is 0 Å². The fraction of sp³-hybridized carbons (Fsp3) is 0.438. The van der Waals surface area contributed by atoms with Crippen molar-refractivity contribution in [3.63, 3.8) is 0 Å². The van der Waals surface area contributed by atoms with Crippen molar-refractivity contribution in [1.82, 2.24) is 5.32 Å². The molecule has 126 valence electrons. The summed E-state index contributed by atoms with van der Waals surface area (Å²) in [5, 5.41) is 13.7. The van der Waals surface area contributed by atoms with Crippen molar-refractivity contribution < 1.29 is 24.2 Å². The van der Waals surface area contributed by atoms with E-state index in [1.54, 1.807) is 24.3 Å². The van der Waals surface area contributed by atoms with Crippen LogP contribution in [0.25, 0.3) is 0 Å². The van der Waals surface area contributed by atoms with Crippen LogP contribution in [0.3, 0.4) is 0 Å². The molecule has 0 radical (unpaired) electrons. The first-order valence-electron chi connectivity index (χ1n) is 7.44. The lowest BCUT2D eigenvalue weighted by Gasteiger charge is -2.10. The number of nitrogens with one attached hydrogen (secondary N) is 2. The molecule has 0 saturated carbocycles. The number of para-hydroxylation sites is 2. The molecule has 7 heteroatoms. The van der Waals surface area contributed by atoms with E-state index >= 15 is 0 Å². The number of ether oxygens (including phenoxy) is 1. The molecule has 2 amide bonds. The Morgan fingerprint density at radius 3 is 2.43 bits per heavy atom. The van der Waals surface area contributed by atoms with E-state index in [-0.39, 0.29) is 31.2 Å². The van der Waals surface area contributed by atoms with Crippen LogP contribution >= 0.6 is 0 Å². The molecule has 0 aliphatic carbocycles. The fourth-order valence-corrected chi connectivity index (χ4v) is 1.95. The molecule has 0 unspecified atom stereocenters. The molecule has 0 bridgehead atoms. The molecule has 1 aromatic carbocycles. The molecular weight excluding hydrogens is 300 g/mol. The van der Waals surface area contributed by atoms with Gasteiger partial charge in [0.15, 0.2) is 0 Å². The minimum atomic E-state index is -0.831. The Hall–Kier alpha value is -2.57. The van der Waals surface area contributed by atoms with Crippen molar-refractivity contribution in [2.45, 2.75) is 32.1 Å². The first-order valence-corrected chi connectivity index (χ1v) is 7.44. The highest BCUT2D eigenvalue weighted by atomic mass is 16.5. The predicted molar refractivity (Wildman–Crippen MR) is 85.4 cm³/mol. The molecule has 0 heterocycles. The topological polar surface area (TPSA) is 105 Å². The number of carboxylic acid groups (broad SMARTS) is 1. The number of amides is 2. The Balaban J connectivity index is 2.22. The van der Waals surface area contributed by atoms with Crippen molar-refractivity contribution in [2.75, 3.05) is 19.0 Å². The number of hydrogen-bond acceptors (Lipinski definition) is 4. The highest BCUT2D eigenvalue weighted by Crippen LogP contribution is 2.22. The molecule has 1 rings (SSSR count). The summed E-state index contributed by atoms with van der Waals surface area (Å²) < 4.78 is 5.12. The summed E-state index contributed by atoms with van der Waals surface area (Å²) in [6.45, 7) is -0.119. The van der Waals surface area contributed by atoms with E-state index in [0.717, 1.165) is 0 Å². The van der Waals surface area contributed by atoms with Gasteiger partial charge in [0, 0.05) is 12.8 Å². The van der Waals surface area contributed by atoms with Gasteiger partial charge in [0.2, 0.25) is 11.8 Å². The molecule has 0 aliphatic heterocycles. The molecule has 3 N–H and O–H groups in total. The second-order valence-corrected chi connectivity index (χ2v) is 4.98. The lowest BCUT2D eigenvalue weighted by Crippen LogP contribution is -2.32. The van der Waals surface area contributed by atoms with Crippen molar-refractivity contribution in [2.24, 2.45) is 0 Å². The first-order chi connectivity index (χ1) is 11.0.